The number of unbranched alkanes of at least 4 members (excludes halogenated alkanes) is 16. The molecule has 0 aliphatic heterocycles. The van der Waals surface area contributed by atoms with Crippen LogP contribution in [0.15, 0.2) is 42.5 Å². The van der Waals surface area contributed by atoms with E-state index in [1.54, 1.807) is 48.6 Å². The third-order valence-electron chi connectivity index (χ3n) is 8.78. The molecule has 1 N–H and O–H groups in total. The SMILES string of the molecule is CCCCCCCCCCCC(=O)Oc1ccc(C=CC(O)c2ccc(OCC)cc2OCC)c(OC(=O)CCCCCCCCCCC)c1. The summed E-state index contributed by atoms with van der Waals surface area (Å²) in [6.45, 7) is 9.23. The molecular weight excluding hydrogens is 628 g/mol. The molecule has 0 heterocycles. The van der Waals surface area contributed by atoms with Gasteiger partial charge >= 0.3 is 11.9 Å². The molecule has 0 fully saturated rings. The number of aliphatic hydroxyl groups is 1. The van der Waals surface area contributed by atoms with E-state index in [1.165, 1.54) is 77.0 Å². The molecule has 0 bridgehead atoms. The van der Waals surface area contributed by atoms with Gasteiger partial charge in [0, 0.05) is 36.1 Å². The van der Waals surface area contributed by atoms with E-state index in [9.17, 15) is 14.7 Å². The number of rotatable bonds is 29. The molecule has 2 aromatic carbocycles. The topological polar surface area (TPSA) is 91.3 Å². The van der Waals surface area contributed by atoms with Crippen LogP contribution in [0.1, 0.15) is 173 Å². The van der Waals surface area contributed by atoms with E-state index < -0.39 is 6.10 Å². The number of carbonyl (C=O) groups excluding carboxylic acids is 2. The highest BCUT2D eigenvalue weighted by atomic mass is 16.5. The summed E-state index contributed by atoms with van der Waals surface area (Å²) in [5, 5.41) is 11.1. The van der Waals surface area contributed by atoms with Crippen LogP contribution in [-0.4, -0.2) is 30.3 Å². The Balaban J connectivity index is 2.04. The molecule has 7 nitrogen and oxygen atoms in total. The lowest BCUT2D eigenvalue weighted by Crippen LogP contribution is -2.10. The lowest BCUT2D eigenvalue weighted by Gasteiger charge is -2.15. The molecule has 0 aliphatic rings. The Morgan fingerprint density at radius 1 is 0.580 bits per heavy atom. The van der Waals surface area contributed by atoms with Crippen LogP contribution in [0.3, 0.4) is 0 Å². The summed E-state index contributed by atoms with van der Waals surface area (Å²) < 4.78 is 22.9. The fraction of sp³-hybridized carbons (Fsp3) is 0.628. The molecule has 0 amide bonds. The van der Waals surface area contributed by atoms with Crippen LogP contribution in [0.4, 0.5) is 0 Å². The Hall–Kier alpha value is -3.32. The van der Waals surface area contributed by atoms with Gasteiger partial charge in [-0.1, -0.05) is 129 Å². The van der Waals surface area contributed by atoms with Gasteiger partial charge in [0.25, 0.3) is 0 Å². The summed E-state index contributed by atoms with van der Waals surface area (Å²) in [6, 6.07) is 10.4. The average molecular weight is 695 g/mol. The Morgan fingerprint density at radius 2 is 1.06 bits per heavy atom. The molecule has 7 heteroatoms. The van der Waals surface area contributed by atoms with Crippen LogP contribution in [0.2, 0.25) is 0 Å². The molecule has 1 atom stereocenters. The van der Waals surface area contributed by atoms with Crippen molar-refractivity contribution in [3.63, 3.8) is 0 Å². The predicted molar refractivity (Wildman–Crippen MR) is 204 cm³/mol. The van der Waals surface area contributed by atoms with Crippen molar-refractivity contribution in [2.45, 2.75) is 162 Å². The lowest BCUT2D eigenvalue weighted by molar-refractivity contribution is -0.135. The maximum absolute atomic E-state index is 12.9. The first-order valence-corrected chi connectivity index (χ1v) is 19.7. The summed E-state index contributed by atoms with van der Waals surface area (Å²) in [4.78, 5) is 25.6. The molecule has 0 aromatic heterocycles. The Morgan fingerprint density at radius 3 is 1.60 bits per heavy atom. The minimum Gasteiger partial charge on any atom is -0.494 e. The molecule has 0 saturated carbocycles. The van der Waals surface area contributed by atoms with Gasteiger partial charge in [-0.15, -0.1) is 0 Å². The van der Waals surface area contributed by atoms with E-state index in [4.69, 9.17) is 18.9 Å². The van der Waals surface area contributed by atoms with Gasteiger partial charge < -0.3 is 24.1 Å². The van der Waals surface area contributed by atoms with E-state index in [-0.39, 0.29) is 11.9 Å². The molecule has 2 aromatic rings. The lowest BCUT2D eigenvalue weighted by atomic mass is 10.1. The molecule has 1 unspecified atom stereocenters. The number of benzene rings is 2. The molecule has 0 aliphatic carbocycles. The minimum absolute atomic E-state index is 0.291. The fourth-order valence-electron chi connectivity index (χ4n) is 5.91. The van der Waals surface area contributed by atoms with Gasteiger partial charge in [0.1, 0.15) is 29.1 Å². The monoisotopic (exact) mass is 694 g/mol. The standard InChI is InChI=1S/C43H66O7/c1-5-9-11-13-15-17-19-21-23-25-42(45)49-37-29-27-35(28-32-39(44)38-31-30-36(47-7-3)33-41(38)48-8-4)40(34-37)50-43(46)26-24-22-20-18-16-14-12-10-6-2/h27-34,39,44H,5-26H2,1-4H3. The van der Waals surface area contributed by atoms with Gasteiger partial charge in [0.2, 0.25) is 0 Å². The molecule has 0 radical (unpaired) electrons. The van der Waals surface area contributed by atoms with Gasteiger partial charge in [-0.25, -0.2) is 0 Å². The third kappa shape index (κ3) is 18.6. The van der Waals surface area contributed by atoms with Gasteiger partial charge in [-0.05, 0) is 51.0 Å². The zero-order valence-corrected chi connectivity index (χ0v) is 31.6. The Bertz CT molecular complexity index is 1240. The summed E-state index contributed by atoms with van der Waals surface area (Å²) in [6.07, 6.45) is 24.1. The molecule has 0 spiro atoms. The first-order chi connectivity index (χ1) is 24.4. The van der Waals surface area contributed by atoms with Crippen molar-refractivity contribution in [2.24, 2.45) is 0 Å². The van der Waals surface area contributed by atoms with Crippen molar-refractivity contribution in [3.8, 4) is 23.0 Å². The van der Waals surface area contributed by atoms with E-state index in [0.29, 0.717) is 60.2 Å². The fourth-order valence-corrected chi connectivity index (χ4v) is 5.91. The largest absolute Gasteiger partial charge is 0.494 e. The first kappa shape index (κ1) is 42.8. The van der Waals surface area contributed by atoms with Crippen LogP contribution < -0.4 is 18.9 Å². The number of esters is 2. The van der Waals surface area contributed by atoms with Crippen LogP contribution in [0.25, 0.3) is 6.08 Å². The average Bonchev–Trinajstić information content (AvgIpc) is 3.10. The Kier molecular flexibility index (Phi) is 23.5. The van der Waals surface area contributed by atoms with Gasteiger partial charge in [0.15, 0.2) is 0 Å². The molecular formula is C43H66O7. The normalized spacial score (nSPS) is 11.9. The van der Waals surface area contributed by atoms with Crippen molar-refractivity contribution < 1.29 is 33.6 Å². The molecule has 280 valence electrons. The van der Waals surface area contributed by atoms with E-state index in [2.05, 4.69) is 13.8 Å². The number of carbonyl (C=O) groups is 2. The van der Waals surface area contributed by atoms with Crippen molar-refractivity contribution >= 4 is 18.0 Å². The second-order valence-corrected chi connectivity index (χ2v) is 13.2. The molecule has 2 rings (SSSR count). The first-order valence-electron chi connectivity index (χ1n) is 19.7. The van der Waals surface area contributed by atoms with E-state index in [0.717, 1.165) is 38.5 Å². The maximum atomic E-state index is 12.9. The number of aliphatic hydroxyl groups excluding tert-OH is 1. The van der Waals surface area contributed by atoms with Gasteiger partial charge in [0.05, 0.1) is 13.2 Å². The molecule has 0 saturated heterocycles. The van der Waals surface area contributed by atoms with Gasteiger partial charge in [-0.3, -0.25) is 9.59 Å². The van der Waals surface area contributed by atoms with E-state index in [1.807, 2.05) is 13.8 Å². The third-order valence-corrected chi connectivity index (χ3v) is 8.78. The van der Waals surface area contributed by atoms with Gasteiger partial charge in [-0.2, -0.15) is 0 Å². The number of ether oxygens (including phenoxy) is 4. The van der Waals surface area contributed by atoms with Crippen molar-refractivity contribution in [1.82, 2.24) is 0 Å². The Labute approximate surface area is 303 Å². The quantitative estimate of drug-likeness (QED) is 0.0515. The second-order valence-electron chi connectivity index (χ2n) is 13.2. The maximum Gasteiger partial charge on any atom is 0.311 e. The van der Waals surface area contributed by atoms with Crippen LogP contribution in [0.5, 0.6) is 23.0 Å². The zero-order valence-electron chi connectivity index (χ0n) is 31.6. The summed E-state index contributed by atoms with van der Waals surface area (Å²) in [5.41, 5.74) is 1.18. The number of hydrogen-bond acceptors (Lipinski definition) is 7. The highest BCUT2D eigenvalue weighted by Gasteiger charge is 2.15. The van der Waals surface area contributed by atoms with Crippen molar-refractivity contribution in [3.05, 3.63) is 53.6 Å². The van der Waals surface area contributed by atoms with E-state index >= 15 is 0 Å². The van der Waals surface area contributed by atoms with Crippen LogP contribution >= 0.6 is 0 Å². The smallest absolute Gasteiger partial charge is 0.311 e. The van der Waals surface area contributed by atoms with Crippen LogP contribution in [0, 0.1) is 0 Å². The summed E-state index contributed by atoms with van der Waals surface area (Å²) in [5.74, 6) is 1.21. The predicted octanol–water partition coefficient (Wildman–Crippen LogP) is 11.9. The highest BCUT2D eigenvalue weighted by molar-refractivity contribution is 5.76. The zero-order chi connectivity index (χ0) is 36.2. The van der Waals surface area contributed by atoms with Crippen molar-refractivity contribution in [2.75, 3.05) is 13.2 Å². The second kappa shape index (κ2) is 27.4. The molecule has 50 heavy (non-hydrogen) atoms. The highest BCUT2D eigenvalue weighted by Crippen LogP contribution is 2.33. The minimum atomic E-state index is -0.980. The summed E-state index contributed by atoms with van der Waals surface area (Å²) >= 11 is 0. The summed E-state index contributed by atoms with van der Waals surface area (Å²) in [7, 11) is 0. The van der Waals surface area contributed by atoms with Crippen molar-refractivity contribution in [1.29, 1.82) is 0 Å². The number of hydrogen-bond donors (Lipinski definition) is 1. The van der Waals surface area contributed by atoms with Crippen LogP contribution in [-0.2, 0) is 9.59 Å².